The highest BCUT2D eigenvalue weighted by molar-refractivity contribution is 5.85. The van der Waals surface area contributed by atoms with E-state index in [2.05, 4.69) is 0 Å². The molecule has 1 aliphatic rings. The zero-order valence-corrected chi connectivity index (χ0v) is 9.07. The van der Waals surface area contributed by atoms with Crippen molar-refractivity contribution in [2.24, 2.45) is 5.73 Å². The van der Waals surface area contributed by atoms with E-state index in [0.717, 1.165) is 6.07 Å². The molecule has 0 amide bonds. The van der Waals surface area contributed by atoms with Crippen molar-refractivity contribution in [3.8, 4) is 5.75 Å². The Balaban J connectivity index is 0.00000128. The maximum atomic E-state index is 12.6. The van der Waals surface area contributed by atoms with Gasteiger partial charge in [0.2, 0.25) is 0 Å². The van der Waals surface area contributed by atoms with Crippen LogP contribution in [0.2, 0.25) is 0 Å². The van der Waals surface area contributed by atoms with Gasteiger partial charge in [0.25, 0.3) is 0 Å². The number of hydrogen-bond donors (Lipinski definition) is 1. The molecule has 0 unspecified atom stereocenters. The van der Waals surface area contributed by atoms with E-state index in [1.807, 2.05) is 0 Å². The van der Waals surface area contributed by atoms with Crippen molar-refractivity contribution in [2.45, 2.75) is 18.6 Å². The molecule has 1 aromatic carbocycles. The SMILES string of the molecule is Cl.N[C@H]1CCOc2c1cccc2C(F)(F)F. The molecule has 0 saturated heterocycles. The van der Waals surface area contributed by atoms with Crippen LogP contribution >= 0.6 is 12.4 Å². The van der Waals surface area contributed by atoms with E-state index in [0.29, 0.717) is 12.0 Å². The molecule has 0 aliphatic carbocycles. The molecule has 1 aromatic rings. The summed E-state index contributed by atoms with van der Waals surface area (Å²) in [6.07, 6.45) is -3.84. The van der Waals surface area contributed by atoms with Crippen LogP contribution < -0.4 is 10.5 Å². The van der Waals surface area contributed by atoms with Gasteiger partial charge in [0, 0.05) is 18.0 Å². The Morgan fingerprint density at radius 2 is 2.00 bits per heavy atom. The zero-order chi connectivity index (χ0) is 11.1. The van der Waals surface area contributed by atoms with Crippen LogP contribution in [-0.2, 0) is 6.18 Å². The Bertz CT molecular complexity index is 381. The van der Waals surface area contributed by atoms with Gasteiger partial charge < -0.3 is 10.5 Å². The Kier molecular flexibility index (Phi) is 3.70. The molecule has 0 bridgehead atoms. The van der Waals surface area contributed by atoms with E-state index in [1.165, 1.54) is 6.07 Å². The van der Waals surface area contributed by atoms with Gasteiger partial charge in [-0.25, -0.2) is 0 Å². The molecular weight excluding hydrogens is 243 g/mol. The maximum Gasteiger partial charge on any atom is 0.419 e. The summed E-state index contributed by atoms with van der Waals surface area (Å²) in [6.45, 7) is 0.237. The second-order valence-electron chi connectivity index (χ2n) is 3.47. The van der Waals surface area contributed by atoms with Crippen molar-refractivity contribution in [3.05, 3.63) is 29.3 Å². The van der Waals surface area contributed by atoms with Gasteiger partial charge in [-0.15, -0.1) is 12.4 Å². The molecule has 0 radical (unpaired) electrons. The fourth-order valence-corrected chi connectivity index (χ4v) is 1.67. The van der Waals surface area contributed by atoms with Crippen LogP contribution in [0.5, 0.6) is 5.75 Å². The minimum absolute atomic E-state index is 0. The van der Waals surface area contributed by atoms with Crippen molar-refractivity contribution in [3.63, 3.8) is 0 Å². The van der Waals surface area contributed by atoms with E-state index in [-0.39, 0.29) is 30.8 Å². The smallest absolute Gasteiger partial charge is 0.419 e. The Hall–Kier alpha value is -0.940. The van der Waals surface area contributed by atoms with Crippen LogP contribution in [0.1, 0.15) is 23.6 Å². The fourth-order valence-electron chi connectivity index (χ4n) is 1.67. The van der Waals surface area contributed by atoms with E-state index in [4.69, 9.17) is 10.5 Å². The predicted octanol–water partition coefficient (Wildman–Crippen LogP) is 2.91. The number of benzene rings is 1. The van der Waals surface area contributed by atoms with Crippen molar-refractivity contribution in [2.75, 3.05) is 6.61 Å². The number of halogens is 4. The number of hydrogen-bond acceptors (Lipinski definition) is 2. The lowest BCUT2D eigenvalue weighted by Gasteiger charge is -2.25. The first-order valence-corrected chi connectivity index (χ1v) is 4.58. The number of nitrogens with two attached hydrogens (primary N) is 1. The van der Waals surface area contributed by atoms with Crippen molar-refractivity contribution in [1.82, 2.24) is 0 Å². The second kappa shape index (κ2) is 4.51. The molecule has 6 heteroatoms. The molecular formula is C10H11ClF3NO. The van der Waals surface area contributed by atoms with Gasteiger partial charge in [-0.1, -0.05) is 12.1 Å². The van der Waals surface area contributed by atoms with E-state index < -0.39 is 11.7 Å². The molecule has 16 heavy (non-hydrogen) atoms. The summed E-state index contributed by atoms with van der Waals surface area (Å²) in [5.74, 6) is -0.108. The summed E-state index contributed by atoms with van der Waals surface area (Å²) in [5, 5.41) is 0. The number of fused-ring (bicyclic) bond motifs is 1. The molecule has 2 rings (SSSR count). The Morgan fingerprint density at radius 3 is 2.62 bits per heavy atom. The third-order valence-electron chi connectivity index (χ3n) is 2.43. The largest absolute Gasteiger partial charge is 0.493 e. The Morgan fingerprint density at radius 1 is 1.31 bits per heavy atom. The molecule has 1 atom stereocenters. The van der Waals surface area contributed by atoms with Gasteiger partial charge in [0.1, 0.15) is 5.75 Å². The van der Waals surface area contributed by atoms with Crippen LogP contribution in [0.3, 0.4) is 0 Å². The zero-order valence-electron chi connectivity index (χ0n) is 8.25. The molecule has 1 heterocycles. The normalized spacial score (nSPS) is 19.4. The highest BCUT2D eigenvalue weighted by Crippen LogP contribution is 2.41. The monoisotopic (exact) mass is 253 g/mol. The number of alkyl halides is 3. The van der Waals surface area contributed by atoms with Crippen molar-refractivity contribution >= 4 is 12.4 Å². The van der Waals surface area contributed by atoms with E-state index in [9.17, 15) is 13.2 Å². The lowest BCUT2D eigenvalue weighted by atomic mass is 9.98. The van der Waals surface area contributed by atoms with Crippen LogP contribution in [0.4, 0.5) is 13.2 Å². The summed E-state index contributed by atoms with van der Waals surface area (Å²) < 4.78 is 42.8. The molecule has 0 spiro atoms. The van der Waals surface area contributed by atoms with E-state index >= 15 is 0 Å². The summed E-state index contributed by atoms with van der Waals surface area (Å²) >= 11 is 0. The van der Waals surface area contributed by atoms with Crippen molar-refractivity contribution in [1.29, 1.82) is 0 Å². The predicted molar refractivity (Wildman–Crippen MR) is 55.7 cm³/mol. The highest BCUT2D eigenvalue weighted by Gasteiger charge is 2.36. The van der Waals surface area contributed by atoms with Gasteiger partial charge in [0.05, 0.1) is 12.2 Å². The molecule has 1 aliphatic heterocycles. The highest BCUT2D eigenvalue weighted by atomic mass is 35.5. The topological polar surface area (TPSA) is 35.2 Å². The minimum Gasteiger partial charge on any atom is -0.493 e. The quantitative estimate of drug-likeness (QED) is 0.772. The minimum atomic E-state index is -4.39. The number of rotatable bonds is 0. The summed E-state index contributed by atoms with van der Waals surface area (Å²) in [5.41, 5.74) is 5.41. The summed E-state index contributed by atoms with van der Waals surface area (Å²) in [7, 11) is 0. The lowest BCUT2D eigenvalue weighted by molar-refractivity contribution is -0.139. The van der Waals surface area contributed by atoms with Gasteiger partial charge >= 0.3 is 6.18 Å². The third-order valence-corrected chi connectivity index (χ3v) is 2.43. The second-order valence-corrected chi connectivity index (χ2v) is 3.47. The van der Waals surface area contributed by atoms with Crippen molar-refractivity contribution < 1.29 is 17.9 Å². The summed E-state index contributed by atoms with van der Waals surface area (Å²) in [6, 6.07) is 3.58. The molecule has 2 N–H and O–H groups in total. The molecule has 2 nitrogen and oxygen atoms in total. The first kappa shape index (κ1) is 13.1. The van der Waals surface area contributed by atoms with Crippen LogP contribution in [-0.4, -0.2) is 6.61 Å². The van der Waals surface area contributed by atoms with Gasteiger partial charge in [-0.05, 0) is 6.07 Å². The lowest BCUT2D eigenvalue weighted by Crippen LogP contribution is -2.23. The average molecular weight is 254 g/mol. The maximum absolute atomic E-state index is 12.6. The van der Waals surface area contributed by atoms with E-state index in [1.54, 1.807) is 6.07 Å². The van der Waals surface area contributed by atoms with Gasteiger partial charge in [-0.2, -0.15) is 13.2 Å². The molecule has 0 fully saturated rings. The number of ether oxygens (including phenoxy) is 1. The van der Waals surface area contributed by atoms with Gasteiger partial charge in [0.15, 0.2) is 0 Å². The summed E-state index contributed by atoms with van der Waals surface area (Å²) in [4.78, 5) is 0. The standard InChI is InChI=1S/C10H10F3NO.ClH/c11-10(12,13)7-3-1-2-6-8(14)4-5-15-9(6)7;/h1-3,8H,4-5,14H2;1H/t8-;/m0./s1. The Labute approximate surface area is 97.0 Å². The van der Waals surface area contributed by atoms with Gasteiger partial charge in [-0.3, -0.25) is 0 Å². The average Bonchev–Trinajstić information content (AvgIpc) is 2.16. The number of para-hydroxylation sites is 1. The molecule has 0 saturated carbocycles. The van der Waals surface area contributed by atoms with Crippen LogP contribution in [0.25, 0.3) is 0 Å². The first-order chi connectivity index (χ1) is 7.00. The first-order valence-electron chi connectivity index (χ1n) is 4.58. The van der Waals surface area contributed by atoms with Crippen LogP contribution in [0, 0.1) is 0 Å². The third kappa shape index (κ3) is 2.25. The fraction of sp³-hybridized carbons (Fsp3) is 0.400. The molecule has 90 valence electrons. The molecule has 0 aromatic heterocycles. The van der Waals surface area contributed by atoms with Crippen LogP contribution in [0.15, 0.2) is 18.2 Å².